The molecule has 2 aromatic carbocycles. The van der Waals surface area contributed by atoms with Gasteiger partial charge in [0.2, 0.25) is 0 Å². The molecule has 0 aliphatic heterocycles. The molecule has 0 radical (unpaired) electrons. The van der Waals surface area contributed by atoms with Gasteiger partial charge in [-0.15, -0.1) is 0 Å². The van der Waals surface area contributed by atoms with Crippen LogP contribution in [0.3, 0.4) is 0 Å². The van der Waals surface area contributed by atoms with Crippen LogP contribution in [-0.4, -0.2) is 32.8 Å². The molecule has 0 spiro atoms. The monoisotopic (exact) mass is 561 g/mol. The molecule has 1 aliphatic carbocycles. The summed E-state index contributed by atoms with van der Waals surface area (Å²) in [6.45, 7) is 13.0. The zero-order valence-electron chi connectivity index (χ0n) is 25.3. The summed E-state index contributed by atoms with van der Waals surface area (Å²) in [6.07, 6.45) is 7.54. The van der Waals surface area contributed by atoms with Crippen LogP contribution in [0.25, 0.3) is 11.1 Å². The highest BCUT2D eigenvalue weighted by atomic mass is 16.2. The summed E-state index contributed by atoms with van der Waals surface area (Å²) in [7, 11) is 0. The van der Waals surface area contributed by atoms with Crippen LogP contribution in [0.1, 0.15) is 91.2 Å². The Morgan fingerprint density at radius 2 is 1.43 bits per heavy atom. The molecule has 0 fully saturated rings. The molecule has 5 rings (SSSR count). The van der Waals surface area contributed by atoms with Gasteiger partial charge in [-0.2, -0.15) is 0 Å². The quantitative estimate of drug-likeness (QED) is 0.284. The molecule has 2 N–H and O–H groups in total. The van der Waals surface area contributed by atoms with E-state index in [4.69, 9.17) is 0 Å². The summed E-state index contributed by atoms with van der Waals surface area (Å²) >= 11 is 0. The highest BCUT2D eigenvalue weighted by Gasteiger charge is 2.25. The number of hydrogen-bond acceptors (Lipinski definition) is 5. The number of anilines is 1. The highest BCUT2D eigenvalue weighted by molar-refractivity contribution is 6.04. The lowest BCUT2D eigenvalue weighted by molar-refractivity contribution is 0.0928. The average Bonchev–Trinajstić information content (AvgIpc) is 2.96. The van der Waals surface area contributed by atoms with Crippen molar-refractivity contribution in [2.45, 2.75) is 77.7 Å². The van der Waals surface area contributed by atoms with Gasteiger partial charge in [0, 0.05) is 29.7 Å². The molecule has 0 saturated carbocycles. The van der Waals surface area contributed by atoms with Crippen LogP contribution in [0.4, 0.5) is 5.69 Å². The van der Waals surface area contributed by atoms with Gasteiger partial charge in [-0.3, -0.25) is 9.59 Å². The Morgan fingerprint density at radius 3 is 2.07 bits per heavy atom. The maximum absolute atomic E-state index is 13.3. The smallest absolute Gasteiger partial charge is 0.274 e. The minimum atomic E-state index is -0.350. The molecule has 2 amide bonds. The van der Waals surface area contributed by atoms with Crippen molar-refractivity contribution in [1.82, 2.24) is 20.3 Å². The van der Waals surface area contributed by atoms with Crippen molar-refractivity contribution in [1.29, 1.82) is 0 Å². The predicted molar refractivity (Wildman–Crippen MR) is 167 cm³/mol. The van der Waals surface area contributed by atoms with E-state index in [2.05, 4.69) is 91.4 Å². The van der Waals surface area contributed by atoms with Gasteiger partial charge >= 0.3 is 0 Å². The SMILES string of the molecule is CC(C)(C)c1cc(NC(=O)c2cccc(C(=O)NC3CCc4cccc(-c5cncnc5)c4C3)n2)cc(C(C)(C)C)c1. The lowest BCUT2D eigenvalue weighted by Gasteiger charge is -2.27. The van der Waals surface area contributed by atoms with E-state index in [1.807, 2.05) is 24.5 Å². The first-order chi connectivity index (χ1) is 19.9. The number of benzene rings is 2. The maximum Gasteiger partial charge on any atom is 0.274 e. The van der Waals surface area contributed by atoms with Crippen molar-refractivity contribution in [2.24, 2.45) is 0 Å². The molecule has 2 aromatic heterocycles. The summed E-state index contributed by atoms with van der Waals surface area (Å²) in [5.74, 6) is -0.639. The van der Waals surface area contributed by atoms with Crippen molar-refractivity contribution in [3.8, 4) is 11.1 Å². The zero-order chi connectivity index (χ0) is 30.1. The van der Waals surface area contributed by atoms with Crippen molar-refractivity contribution in [3.63, 3.8) is 0 Å². The number of carbonyl (C=O) groups excluding carboxylic acids is 2. The molecule has 0 bridgehead atoms. The number of fused-ring (bicyclic) bond motifs is 1. The van der Waals surface area contributed by atoms with Gasteiger partial charge in [0.05, 0.1) is 0 Å². The van der Waals surface area contributed by atoms with E-state index in [1.54, 1.807) is 18.2 Å². The Balaban J connectivity index is 1.31. The number of aromatic nitrogens is 3. The molecule has 4 aromatic rings. The Labute approximate surface area is 248 Å². The fourth-order valence-corrected chi connectivity index (χ4v) is 5.33. The zero-order valence-corrected chi connectivity index (χ0v) is 25.3. The Bertz CT molecular complexity index is 1580. The van der Waals surface area contributed by atoms with Gasteiger partial charge < -0.3 is 10.6 Å². The number of carbonyl (C=O) groups is 2. The molecular weight excluding hydrogens is 522 g/mol. The third-order valence-corrected chi connectivity index (χ3v) is 7.83. The van der Waals surface area contributed by atoms with Crippen LogP contribution in [0.2, 0.25) is 0 Å². The van der Waals surface area contributed by atoms with Crippen LogP contribution in [0.15, 0.2) is 73.3 Å². The second-order valence-electron chi connectivity index (χ2n) is 13.1. The number of nitrogens with zero attached hydrogens (tertiary/aromatic N) is 3. The highest BCUT2D eigenvalue weighted by Crippen LogP contribution is 2.33. The van der Waals surface area contributed by atoms with E-state index in [0.717, 1.165) is 40.8 Å². The lowest BCUT2D eigenvalue weighted by atomic mass is 9.80. The number of pyridine rings is 1. The summed E-state index contributed by atoms with van der Waals surface area (Å²) in [5.41, 5.74) is 7.80. The van der Waals surface area contributed by atoms with Gasteiger partial charge in [0.1, 0.15) is 17.7 Å². The van der Waals surface area contributed by atoms with Crippen LogP contribution in [-0.2, 0) is 23.7 Å². The Morgan fingerprint density at radius 1 is 0.810 bits per heavy atom. The minimum absolute atomic E-state index is 0.0500. The Hall–Kier alpha value is -4.39. The molecule has 1 unspecified atom stereocenters. The number of hydrogen-bond donors (Lipinski definition) is 2. The van der Waals surface area contributed by atoms with E-state index in [0.29, 0.717) is 6.42 Å². The lowest BCUT2D eigenvalue weighted by Crippen LogP contribution is -2.39. The van der Waals surface area contributed by atoms with Crippen LogP contribution < -0.4 is 10.6 Å². The van der Waals surface area contributed by atoms with Crippen molar-refractivity contribution < 1.29 is 9.59 Å². The summed E-state index contributed by atoms with van der Waals surface area (Å²) in [4.78, 5) is 39.4. The molecule has 42 heavy (non-hydrogen) atoms. The van der Waals surface area contributed by atoms with Gasteiger partial charge in [-0.05, 0) is 82.2 Å². The van der Waals surface area contributed by atoms with Crippen molar-refractivity contribution in [3.05, 3.63) is 107 Å². The third-order valence-electron chi connectivity index (χ3n) is 7.83. The largest absolute Gasteiger partial charge is 0.348 e. The van der Waals surface area contributed by atoms with Crippen LogP contribution >= 0.6 is 0 Å². The first-order valence-corrected chi connectivity index (χ1v) is 14.5. The molecule has 1 atom stereocenters. The second kappa shape index (κ2) is 11.5. The fraction of sp³-hybridized carbons (Fsp3) is 0.343. The van der Waals surface area contributed by atoms with Crippen LogP contribution in [0.5, 0.6) is 0 Å². The van der Waals surface area contributed by atoms with Gasteiger partial charge in [0.25, 0.3) is 11.8 Å². The van der Waals surface area contributed by atoms with E-state index in [1.165, 1.54) is 17.5 Å². The summed E-state index contributed by atoms with van der Waals surface area (Å²) in [6, 6.07) is 17.4. The van der Waals surface area contributed by atoms with Crippen molar-refractivity contribution >= 4 is 17.5 Å². The summed E-state index contributed by atoms with van der Waals surface area (Å²) < 4.78 is 0. The molecule has 2 heterocycles. The third kappa shape index (κ3) is 6.56. The second-order valence-corrected chi connectivity index (χ2v) is 13.1. The number of aryl methyl sites for hydroxylation is 1. The molecule has 1 aliphatic rings. The standard InChI is InChI=1S/C35H39N5O2/c1-34(2,3)24-15-25(35(4,5)6)17-27(16-24)39-33(42)31-12-8-11-30(40-31)32(41)38-26-14-13-22-9-7-10-28(29(22)18-26)23-19-36-21-37-20-23/h7-12,15-17,19-21,26H,13-14,18H2,1-6H3,(H,38,41)(H,39,42). The predicted octanol–water partition coefficient (Wildman–Crippen LogP) is 6.67. The summed E-state index contributed by atoms with van der Waals surface area (Å²) in [5, 5.41) is 6.17. The van der Waals surface area contributed by atoms with E-state index >= 15 is 0 Å². The van der Waals surface area contributed by atoms with Gasteiger partial charge in [-0.1, -0.05) is 71.9 Å². The van der Waals surface area contributed by atoms with Crippen molar-refractivity contribution in [2.75, 3.05) is 5.32 Å². The molecule has 0 saturated heterocycles. The molecular formula is C35H39N5O2. The van der Waals surface area contributed by atoms with Crippen LogP contribution in [0, 0.1) is 0 Å². The number of amides is 2. The number of rotatable bonds is 5. The minimum Gasteiger partial charge on any atom is -0.348 e. The maximum atomic E-state index is 13.3. The normalized spacial score (nSPS) is 15.0. The topological polar surface area (TPSA) is 96.9 Å². The van der Waals surface area contributed by atoms with E-state index in [9.17, 15) is 9.59 Å². The van der Waals surface area contributed by atoms with E-state index < -0.39 is 0 Å². The van der Waals surface area contributed by atoms with E-state index in [-0.39, 0.29) is 40.1 Å². The first kappa shape index (κ1) is 29.1. The average molecular weight is 562 g/mol. The fourth-order valence-electron chi connectivity index (χ4n) is 5.33. The first-order valence-electron chi connectivity index (χ1n) is 14.5. The number of nitrogens with one attached hydrogen (secondary N) is 2. The molecule has 7 nitrogen and oxygen atoms in total. The van der Waals surface area contributed by atoms with Gasteiger partial charge in [0.15, 0.2) is 0 Å². The van der Waals surface area contributed by atoms with Gasteiger partial charge in [-0.25, -0.2) is 15.0 Å². The Kier molecular flexibility index (Phi) is 7.95. The molecule has 216 valence electrons. The molecule has 7 heteroatoms.